The number of piperidine rings is 1. The Labute approximate surface area is 117 Å². The van der Waals surface area contributed by atoms with E-state index in [-0.39, 0.29) is 0 Å². The van der Waals surface area contributed by atoms with E-state index in [9.17, 15) is 0 Å². The first-order valence-electron chi connectivity index (χ1n) is 7.66. The predicted molar refractivity (Wildman–Crippen MR) is 82.1 cm³/mol. The molecule has 0 spiro atoms. The lowest BCUT2D eigenvalue weighted by atomic mass is 9.82. The SMILES string of the molecule is CC1=C[C@@H]2CCN(C(C)C)C[C@H]2Cc2ccccc21. The van der Waals surface area contributed by atoms with Crippen LogP contribution in [0, 0.1) is 11.8 Å². The van der Waals surface area contributed by atoms with Crippen molar-refractivity contribution in [3.05, 3.63) is 41.5 Å². The van der Waals surface area contributed by atoms with Crippen LogP contribution in [-0.4, -0.2) is 24.0 Å². The number of allylic oxidation sites excluding steroid dienone is 2. The summed E-state index contributed by atoms with van der Waals surface area (Å²) in [5.41, 5.74) is 4.52. The highest BCUT2D eigenvalue weighted by Gasteiger charge is 2.31. The number of fused-ring (bicyclic) bond motifs is 2. The fourth-order valence-electron chi connectivity index (χ4n) is 3.76. The number of nitrogens with zero attached hydrogens (tertiary/aromatic N) is 1. The molecule has 0 amide bonds. The van der Waals surface area contributed by atoms with Gasteiger partial charge < -0.3 is 4.90 Å². The lowest BCUT2D eigenvalue weighted by molar-refractivity contribution is 0.112. The molecule has 1 aromatic rings. The first-order chi connectivity index (χ1) is 9.15. The van der Waals surface area contributed by atoms with Gasteiger partial charge in [0.05, 0.1) is 0 Å². The molecule has 0 N–H and O–H groups in total. The average Bonchev–Trinajstić information content (AvgIpc) is 2.54. The van der Waals surface area contributed by atoms with E-state index in [0.29, 0.717) is 6.04 Å². The van der Waals surface area contributed by atoms with Gasteiger partial charge in [0.1, 0.15) is 0 Å². The third-order valence-corrected chi connectivity index (χ3v) is 4.94. The standard InChI is InChI=1S/C18H25N/c1-13(2)19-9-8-15-10-14(3)18-7-5-4-6-16(18)11-17(15)12-19/h4-7,10,13,15,17H,8-9,11-12H2,1-3H3/t15-,17+/m0/s1. The zero-order valence-corrected chi connectivity index (χ0v) is 12.4. The van der Waals surface area contributed by atoms with Crippen molar-refractivity contribution in [3.63, 3.8) is 0 Å². The predicted octanol–water partition coefficient (Wildman–Crippen LogP) is 3.99. The van der Waals surface area contributed by atoms with Crippen molar-refractivity contribution < 1.29 is 0 Å². The second-order valence-corrected chi connectivity index (χ2v) is 6.51. The second-order valence-electron chi connectivity index (χ2n) is 6.51. The van der Waals surface area contributed by atoms with Crippen molar-refractivity contribution in [2.24, 2.45) is 11.8 Å². The van der Waals surface area contributed by atoms with Crippen molar-refractivity contribution in [3.8, 4) is 0 Å². The van der Waals surface area contributed by atoms with Crippen molar-refractivity contribution in [2.75, 3.05) is 13.1 Å². The van der Waals surface area contributed by atoms with Gasteiger partial charge in [0.25, 0.3) is 0 Å². The van der Waals surface area contributed by atoms with Gasteiger partial charge in [-0.25, -0.2) is 0 Å². The van der Waals surface area contributed by atoms with Crippen LogP contribution in [0.1, 0.15) is 38.3 Å². The van der Waals surface area contributed by atoms with E-state index in [1.165, 1.54) is 37.1 Å². The molecule has 1 aliphatic carbocycles. The van der Waals surface area contributed by atoms with Crippen LogP contribution in [0.25, 0.3) is 5.57 Å². The molecule has 3 rings (SSSR count). The van der Waals surface area contributed by atoms with Crippen LogP contribution in [0.3, 0.4) is 0 Å². The molecule has 1 aliphatic heterocycles. The van der Waals surface area contributed by atoms with E-state index in [2.05, 4.69) is 56.0 Å². The molecule has 1 heterocycles. The van der Waals surface area contributed by atoms with E-state index in [1.54, 1.807) is 5.56 Å². The Morgan fingerprint density at radius 3 is 2.79 bits per heavy atom. The summed E-state index contributed by atoms with van der Waals surface area (Å²) in [6.45, 7) is 9.47. The van der Waals surface area contributed by atoms with E-state index < -0.39 is 0 Å². The van der Waals surface area contributed by atoms with Gasteiger partial charge in [0.15, 0.2) is 0 Å². The molecule has 1 aromatic carbocycles. The molecule has 0 radical (unpaired) electrons. The molecule has 0 unspecified atom stereocenters. The Hall–Kier alpha value is -1.08. The minimum atomic E-state index is 0.685. The van der Waals surface area contributed by atoms with Crippen LogP contribution in [-0.2, 0) is 6.42 Å². The largest absolute Gasteiger partial charge is 0.301 e. The molecule has 0 aromatic heterocycles. The number of likely N-dealkylation sites (tertiary alicyclic amines) is 1. The van der Waals surface area contributed by atoms with Gasteiger partial charge in [-0.2, -0.15) is 0 Å². The summed E-state index contributed by atoms with van der Waals surface area (Å²) in [6, 6.07) is 9.66. The van der Waals surface area contributed by atoms with Crippen molar-refractivity contribution in [2.45, 2.75) is 39.7 Å². The highest BCUT2D eigenvalue weighted by molar-refractivity contribution is 5.67. The third-order valence-electron chi connectivity index (χ3n) is 4.94. The Balaban J connectivity index is 1.90. The van der Waals surface area contributed by atoms with E-state index in [1.807, 2.05) is 0 Å². The van der Waals surface area contributed by atoms with E-state index in [4.69, 9.17) is 0 Å². The molecule has 1 fully saturated rings. The molecule has 2 atom stereocenters. The van der Waals surface area contributed by atoms with Gasteiger partial charge in [0, 0.05) is 12.6 Å². The molecule has 2 aliphatic rings. The van der Waals surface area contributed by atoms with E-state index in [0.717, 1.165) is 11.8 Å². The molecule has 0 bridgehead atoms. The number of benzene rings is 1. The summed E-state index contributed by atoms with van der Waals surface area (Å²) in [4.78, 5) is 2.65. The van der Waals surface area contributed by atoms with Crippen LogP contribution in [0.4, 0.5) is 0 Å². The smallest absolute Gasteiger partial charge is 0.00387 e. The van der Waals surface area contributed by atoms with Gasteiger partial charge >= 0.3 is 0 Å². The number of hydrogen-bond acceptors (Lipinski definition) is 1. The zero-order chi connectivity index (χ0) is 13.4. The monoisotopic (exact) mass is 255 g/mol. The topological polar surface area (TPSA) is 3.24 Å². The molecule has 19 heavy (non-hydrogen) atoms. The van der Waals surface area contributed by atoms with Gasteiger partial charge in [-0.1, -0.05) is 30.3 Å². The lowest BCUT2D eigenvalue weighted by Gasteiger charge is -2.39. The Bertz CT molecular complexity index is 486. The molecule has 1 heteroatoms. The Kier molecular flexibility index (Phi) is 3.49. The Morgan fingerprint density at radius 1 is 1.21 bits per heavy atom. The zero-order valence-electron chi connectivity index (χ0n) is 12.4. The summed E-state index contributed by atoms with van der Waals surface area (Å²) >= 11 is 0. The molecule has 0 saturated carbocycles. The highest BCUT2D eigenvalue weighted by atomic mass is 15.2. The summed E-state index contributed by atoms with van der Waals surface area (Å²) in [5.74, 6) is 1.58. The Morgan fingerprint density at radius 2 is 2.00 bits per heavy atom. The normalized spacial score (nSPS) is 27.5. The fraction of sp³-hybridized carbons (Fsp3) is 0.556. The molecular formula is C18H25N. The third kappa shape index (κ3) is 2.49. The van der Waals surface area contributed by atoms with Gasteiger partial charge in [-0.05, 0) is 68.7 Å². The van der Waals surface area contributed by atoms with Crippen LogP contribution < -0.4 is 0 Å². The van der Waals surface area contributed by atoms with Gasteiger partial charge in [-0.15, -0.1) is 0 Å². The lowest BCUT2D eigenvalue weighted by Crippen LogP contribution is -2.44. The minimum Gasteiger partial charge on any atom is -0.301 e. The van der Waals surface area contributed by atoms with Crippen LogP contribution in [0.15, 0.2) is 30.3 Å². The van der Waals surface area contributed by atoms with Crippen LogP contribution >= 0.6 is 0 Å². The maximum Gasteiger partial charge on any atom is 0.00387 e. The highest BCUT2D eigenvalue weighted by Crippen LogP contribution is 2.36. The quantitative estimate of drug-likeness (QED) is 0.733. The summed E-state index contributed by atoms with van der Waals surface area (Å²) in [7, 11) is 0. The van der Waals surface area contributed by atoms with Crippen LogP contribution in [0.2, 0.25) is 0 Å². The maximum atomic E-state index is 2.65. The van der Waals surface area contributed by atoms with Crippen molar-refractivity contribution in [1.29, 1.82) is 0 Å². The average molecular weight is 255 g/mol. The summed E-state index contributed by atoms with van der Waals surface area (Å²) in [5, 5.41) is 0. The van der Waals surface area contributed by atoms with Crippen LogP contribution in [0.5, 0.6) is 0 Å². The first kappa shape index (κ1) is 12.9. The van der Waals surface area contributed by atoms with Crippen molar-refractivity contribution >= 4 is 5.57 Å². The van der Waals surface area contributed by atoms with E-state index >= 15 is 0 Å². The summed E-state index contributed by atoms with van der Waals surface area (Å²) in [6.07, 6.45) is 5.13. The molecule has 1 saturated heterocycles. The summed E-state index contributed by atoms with van der Waals surface area (Å²) < 4.78 is 0. The number of rotatable bonds is 1. The first-order valence-corrected chi connectivity index (χ1v) is 7.66. The van der Waals surface area contributed by atoms with Gasteiger partial charge in [-0.3, -0.25) is 0 Å². The molecule has 102 valence electrons. The maximum absolute atomic E-state index is 2.65. The minimum absolute atomic E-state index is 0.685. The second kappa shape index (κ2) is 5.13. The van der Waals surface area contributed by atoms with Crippen molar-refractivity contribution in [1.82, 2.24) is 4.90 Å². The number of hydrogen-bond donors (Lipinski definition) is 0. The van der Waals surface area contributed by atoms with Gasteiger partial charge in [0.2, 0.25) is 0 Å². The fourth-order valence-corrected chi connectivity index (χ4v) is 3.76. The molecular weight excluding hydrogens is 230 g/mol. The molecule has 1 nitrogen and oxygen atoms in total.